The predicted octanol–water partition coefficient (Wildman–Crippen LogP) is 1.32. The predicted molar refractivity (Wildman–Crippen MR) is 103 cm³/mol. The number of carbonyl (C=O) groups is 2. The second kappa shape index (κ2) is 7.65. The summed E-state index contributed by atoms with van der Waals surface area (Å²) in [5.74, 6) is 0.0681. The number of hydrogen-bond donors (Lipinski definition) is 2. The van der Waals surface area contributed by atoms with Crippen LogP contribution in [-0.4, -0.2) is 48.1 Å². The van der Waals surface area contributed by atoms with Gasteiger partial charge in [0.1, 0.15) is 5.60 Å². The highest BCUT2D eigenvalue weighted by Gasteiger charge is 2.42. The lowest BCUT2D eigenvalue weighted by molar-refractivity contribution is -0.117. The summed E-state index contributed by atoms with van der Waals surface area (Å²) in [6.45, 7) is 4.95. The first-order chi connectivity index (χ1) is 13.4. The number of ether oxygens (including phenoxy) is 1. The van der Waals surface area contributed by atoms with Gasteiger partial charge in [0.2, 0.25) is 5.91 Å². The molecule has 8 nitrogen and oxygen atoms in total. The summed E-state index contributed by atoms with van der Waals surface area (Å²) in [6.07, 6.45) is 2.55. The second-order valence-corrected chi connectivity index (χ2v) is 8.47. The average Bonchev–Trinajstić information content (AvgIpc) is 3.29. The number of nitrogens with zero attached hydrogens (tertiary/aromatic N) is 2. The maximum absolute atomic E-state index is 12.3. The zero-order valence-electron chi connectivity index (χ0n) is 15.8. The number of rotatable bonds is 5. The van der Waals surface area contributed by atoms with Crippen molar-refractivity contribution in [1.82, 2.24) is 15.4 Å². The molecular formula is C19H24N4O4S. The highest BCUT2D eigenvalue weighted by molar-refractivity contribution is 7.14. The molecule has 4 heterocycles. The molecule has 150 valence electrons. The van der Waals surface area contributed by atoms with Crippen molar-refractivity contribution in [3.63, 3.8) is 0 Å². The molecule has 2 aliphatic heterocycles. The van der Waals surface area contributed by atoms with Crippen LogP contribution < -0.4 is 11.1 Å². The van der Waals surface area contributed by atoms with Gasteiger partial charge >= 0.3 is 0 Å². The van der Waals surface area contributed by atoms with Crippen LogP contribution in [0.25, 0.3) is 0 Å². The molecule has 1 saturated heterocycles. The summed E-state index contributed by atoms with van der Waals surface area (Å²) in [4.78, 5) is 27.3. The van der Waals surface area contributed by atoms with Gasteiger partial charge in [-0.15, -0.1) is 11.3 Å². The number of nitrogens with one attached hydrogen (secondary N) is 1. The Kier molecular flexibility index (Phi) is 5.22. The lowest BCUT2D eigenvalue weighted by Crippen LogP contribution is -2.45. The third kappa shape index (κ3) is 3.82. The molecule has 0 unspecified atom stereocenters. The van der Waals surface area contributed by atoms with Crippen molar-refractivity contribution in [3.05, 3.63) is 38.9 Å². The molecule has 0 saturated carbocycles. The fourth-order valence-corrected chi connectivity index (χ4v) is 5.27. The van der Waals surface area contributed by atoms with Gasteiger partial charge in [0.15, 0.2) is 5.76 Å². The lowest BCUT2D eigenvalue weighted by Gasteiger charge is -2.43. The summed E-state index contributed by atoms with van der Waals surface area (Å²) >= 11 is 1.47. The van der Waals surface area contributed by atoms with Crippen LogP contribution in [-0.2, 0) is 28.1 Å². The number of hydrogen-bond acceptors (Lipinski definition) is 7. The highest BCUT2D eigenvalue weighted by atomic mass is 32.1. The molecule has 0 aromatic carbocycles. The van der Waals surface area contributed by atoms with Crippen LogP contribution >= 0.6 is 11.3 Å². The lowest BCUT2D eigenvalue weighted by atomic mass is 9.85. The molecule has 4 rings (SSSR count). The average molecular weight is 404 g/mol. The third-order valence-electron chi connectivity index (χ3n) is 5.34. The Morgan fingerprint density at radius 2 is 2.14 bits per heavy atom. The summed E-state index contributed by atoms with van der Waals surface area (Å²) < 4.78 is 11.6. The van der Waals surface area contributed by atoms with E-state index in [4.69, 9.17) is 15.0 Å². The maximum atomic E-state index is 12.3. The number of primary amides is 1. The van der Waals surface area contributed by atoms with Crippen molar-refractivity contribution in [3.8, 4) is 0 Å². The Bertz CT molecular complexity index is 882. The van der Waals surface area contributed by atoms with Crippen molar-refractivity contribution in [2.45, 2.75) is 38.3 Å². The topological polar surface area (TPSA) is 111 Å². The number of aryl methyl sites for hydroxylation is 1. The van der Waals surface area contributed by atoms with E-state index in [1.54, 1.807) is 0 Å². The van der Waals surface area contributed by atoms with E-state index in [1.165, 1.54) is 16.9 Å². The van der Waals surface area contributed by atoms with Crippen LogP contribution in [0.2, 0.25) is 0 Å². The van der Waals surface area contributed by atoms with Crippen LogP contribution in [0.5, 0.6) is 0 Å². The van der Waals surface area contributed by atoms with Crippen molar-refractivity contribution in [2.24, 2.45) is 5.73 Å². The van der Waals surface area contributed by atoms with Crippen LogP contribution in [0.3, 0.4) is 0 Å². The number of amides is 2. The number of thiophene rings is 1. The van der Waals surface area contributed by atoms with Crippen molar-refractivity contribution in [2.75, 3.05) is 26.2 Å². The van der Waals surface area contributed by atoms with Gasteiger partial charge < -0.3 is 20.3 Å². The first-order valence-corrected chi connectivity index (χ1v) is 10.2. The van der Waals surface area contributed by atoms with E-state index in [0.29, 0.717) is 11.5 Å². The largest absolute Gasteiger partial charge is 0.369 e. The van der Waals surface area contributed by atoms with Gasteiger partial charge in [-0.25, -0.2) is 0 Å². The normalized spacial score (nSPS) is 18.8. The molecule has 2 amide bonds. The molecule has 0 aliphatic carbocycles. The molecule has 3 N–H and O–H groups in total. The molecule has 1 spiro atoms. The molecule has 9 heteroatoms. The van der Waals surface area contributed by atoms with E-state index in [9.17, 15) is 9.59 Å². The molecule has 2 aromatic heterocycles. The minimum absolute atomic E-state index is 0.154. The molecule has 2 aliphatic rings. The quantitative estimate of drug-likeness (QED) is 0.778. The van der Waals surface area contributed by atoms with Gasteiger partial charge in [0.05, 0.1) is 30.3 Å². The number of nitrogens with two attached hydrogens (primary N) is 1. The summed E-state index contributed by atoms with van der Waals surface area (Å²) in [6, 6.07) is 3.90. The summed E-state index contributed by atoms with van der Waals surface area (Å²) in [5, 5.41) is 6.52. The van der Waals surface area contributed by atoms with Crippen molar-refractivity contribution in [1.29, 1.82) is 0 Å². The SMILES string of the molecule is Cc1cc(CN2CCC3(CC2)OCCc2cc(C(=O)NCC(N)=O)sc23)on1. The summed E-state index contributed by atoms with van der Waals surface area (Å²) in [7, 11) is 0. The standard InChI is InChI=1S/C19H24N4O4S/c1-12-8-14(27-22-12)11-23-5-3-19(4-6-23)17-13(2-7-26-19)9-15(28-17)18(25)21-10-16(20)24/h8-9H,2-7,10-11H2,1H3,(H2,20,24)(H,21,25). The molecule has 0 radical (unpaired) electrons. The molecule has 0 atom stereocenters. The highest BCUT2D eigenvalue weighted by Crippen LogP contribution is 2.45. The van der Waals surface area contributed by atoms with Gasteiger partial charge in [0, 0.05) is 24.0 Å². The smallest absolute Gasteiger partial charge is 0.261 e. The van der Waals surface area contributed by atoms with Gasteiger partial charge in [-0.05, 0) is 37.8 Å². The van der Waals surface area contributed by atoms with E-state index in [0.717, 1.165) is 55.2 Å². The maximum Gasteiger partial charge on any atom is 0.261 e. The van der Waals surface area contributed by atoms with Gasteiger partial charge in [-0.3, -0.25) is 14.5 Å². The molecule has 28 heavy (non-hydrogen) atoms. The molecule has 0 bridgehead atoms. The fourth-order valence-electron chi connectivity index (χ4n) is 3.94. The first kappa shape index (κ1) is 19.1. The van der Waals surface area contributed by atoms with E-state index in [-0.39, 0.29) is 18.1 Å². The van der Waals surface area contributed by atoms with E-state index >= 15 is 0 Å². The van der Waals surface area contributed by atoms with Gasteiger partial charge in [-0.2, -0.15) is 0 Å². The monoisotopic (exact) mass is 404 g/mol. The first-order valence-electron chi connectivity index (χ1n) is 9.43. The summed E-state index contributed by atoms with van der Waals surface area (Å²) in [5.41, 5.74) is 6.86. The Hall–Kier alpha value is -2.23. The Morgan fingerprint density at radius 3 is 2.82 bits per heavy atom. The second-order valence-electron chi connectivity index (χ2n) is 7.42. The van der Waals surface area contributed by atoms with Crippen LogP contribution in [0.4, 0.5) is 0 Å². The Labute approximate surface area is 167 Å². The van der Waals surface area contributed by atoms with Crippen LogP contribution in [0.15, 0.2) is 16.7 Å². The zero-order chi connectivity index (χ0) is 19.7. The minimum Gasteiger partial charge on any atom is -0.369 e. The van der Waals surface area contributed by atoms with Crippen LogP contribution in [0.1, 0.15) is 44.4 Å². The van der Waals surface area contributed by atoms with E-state index < -0.39 is 5.91 Å². The molecule has 2 aromatic rings. The molecular weight excluding hydrogens is 380 g/mol. The number of fused-ring (bicyclic) bond motifs is 2. The third-order valence-corrected chi connectivity index (χ3v) is 6.70. The fraction of sp³-hybridized carbons (Fsp3) is 0.526. The van der Waals surface area contributed by atoms with E-state index in [2.05, 4.69) is 15.4 Å². The van der Waals surface area contributed by atoms with E-state index in [1.807, 2.05) is 19.1 Å². The number of likely N-dealkylation sites (tertiary alicyclic amines) is 1. The van der Waals surface area contributed by atoms with Gasteiger partial charge in [0.25, 0.3) is 5.91 Å². The van der Waals surface area contributed by atoms with Crippen molar-refractivity contribution >= 4 is 23.2 Å². The van der Waals surface area contributed by atoms with Gasteiger partial charge in [-0.1, -0.05) is 5.16 Å². The van der Waals surface area contributed by atoms with Crippen LogP contribution in [0, 0.1) is 6.92 Å². The zero-order valence-corrected chi connectivity index (χ0v) is 16.6. The number of aromatic nitrogens is 1. The molecule has 1 fully saturated rings. The Morgan fingerprint density at radius 1 is 1.36 bits per heavy atom. The number of piperidine rings is 1. The minimum atomic E-state index is -0.552. The Balaban J connectivity index is 1.45. The van der Waals surface area contributed by atoms with Crippen molar-refractivity contribution < 1.29 is 18.8 Å². The number of carbonyl (C=O) groups excluding carboxylic acids is 2.